The molecule has 1 aliphatic heterocycles. The van der Waals surface area contributed by atoms with Crippen molar-refractivity contribution in [1.29, 1.82) is 0 Å². The van der Waals surface area contributed by atoms with Gasteiger partial charge in [0.1, 0.15) is 0 Å². The Balaban J connectivity index is 2.51. The molecule has 8 heteroatoms. The summed E-state index contributed by atoms with van der Waals surface area (Å²) in [6.45, 7) is 2.33. The molecule has 0 bridgehead atoms. The maximum atomic E-state index is 12.8. The maximum Gasteiger partial charge on any atom is 0.291 e. The second-order valence-electron chi connectivity index (χ2n) is 5.16. The van der Waals surface area contributed by atoms with Crippen LogP contribution in [0.15, 0.2) is 23.1 Å². The Kier molecular flexibility index (Phi) is 4.48. The molecule has 1 aromatic carbocycles. The SMILES string of the molecule is CCC1CCCCN1S(=O)(=O)c1ccc(N)cc1[N+](=O)[O-]. The summed E-state index contributed by atoms with van der Waals surface area (Å²) in [7, 11) is -3.88. The van der Waals surface area contributed by atoms with E-state index in [1.165, 1.54) is 16.4 Å². The van der Waals surface area contributed by atoms with Crippen LogP contribution in [0.5, 0.6) is 0 Å². The van der Waals surface area contributed by atoms with E-state index in [2.05, 4.69) is 0 Å². The molecule has 1 unspecified atom stereocenters. The first-order chi connectivity index (χ1) is 9.87. The third-order valence-electron chi connectivity index (χ3n) is 3.81. The van der Waals surface area contributed by atoms with Crippen LogP contribution >= 0.6 is 0 Å². The molecule has 0 saturated carbocycles. The molecule has 1 atom stereocenters. The Morgan fingerprint density at radius 3 is 2.76 bits per heavy atom. The Bertz CT molecular complexity index is 645. The van der Waals surface area contributed by atoms with Crippen molar-refractivity contribution in [3.05, 3.63) is 28.3 Å². The van der Waals surface area contributed by atoms with E-state index in [0.717, 1.165) is 25.3 Å². The molecule has 0 radical (unpaired) electrons. The van der Waals surface area contributed by atoms with Gasteiger partial charge in [0.15, 0.2) is 4.90 Å². The number of nitrogens with two attached hydrogens (primary N) is 1. The summed E-state index contributed by atoms with van der Waals surface area (Å²) in [6.07, 6.45) is 3.24. The summed E-state index contributed by atoms with van der Waals surface area (Å²) in [5.74, 6) is 0. The zero-order valence-electron chi connectivity index (χ0n) is 11.9. The molecule has 1 aromatic rings. The van der Waals surface area contributed by atoms with Gasteiger partial charge in [0.05, 0.1) is 4.92 Å². The van der Waals surface area contributed by atoms with Gasteiger partial charge in [0.2, 0.25) is 10.0 Å². The lowest BCUT2D eigenvalue weighted by atomic mass is 10.0. The van der Waals surface area contributed by atoms with Crippen LogP contribution in [0.3, 0.4) is 0 Å². The van der Waals surface area contributed by atoms with Crippen molar-refractivity contribution in [3.63, 3.8) is 0 Å². The molecular formula is C13H19N3O4S. The number of piperidine rings is 1. The third kappa shape index (κ3) is 3.01. The quantitative estimate of drug-likeness (QED) is 0.520. The Hall–Kier alpha value is -1.67. The summed E-state index contributed by atoms with van der Waals surface area (Å²) in [5, 5.41) is 11.1. The molecule has 2 N–H and O–H groups in total. The number of rotatable bonds is 4. The highest BCUT2D eigenvalue weighted by Gasteiger charge is 2.36. The van der Waals surface area contributed by atoms with Crippen molar-refractivity contribution in [2.75, 3.05) is 12.3 Å². The number of nitro benzene ring substituents is 1. The molecule has 116 valence electrons. The second-order valence-corrected chi connectivity index (χ2v) is 7.02. The van der Waals surface area contributed by atoms with Crippen LogP contribution < -0.4 is 5.73 Å². The van der Waals surface area contributed by atoms with Gasteiger partial charge in [-0.3, -0.25) is 10.1 Å². The van der Waals surface area contributed by atoms with E-state index in [-0.39, 0.29) is 16.6 Å². The van der Waals surface area contributed by atoms with E-state index in [9.17, 15) is 18.5 Å². The average Bonchev–Trinajstić information content (AvgIpc) is 2.46. The fraction of sp³-hybridized carbons (Fsp3) is 0.538. The molecule has 0 aliphatic carbocycles. The molecule has 1 fully saturated rings. The molecule has 1 heterocycles. The van der Waals surface area contributed by atoms with Gasteiger partial charge in [-0.1, -0.05) is 13.3 Å². The first-order valence-corrected chi connectivity index (χ1v) is 8.37. The maximum absolute atomic E-state index is 12.8. The zero-order valence-corrected chi connectivity index (χ0v) is 12.7. The molecule has 1 aliphatic rings. The number of nitrogen functional groups attached to an aromatic ring is 1. The molecule has 0 amide bonds. The van der Waals surface area contributed by atoms with E-state index in [4.69, 9.17) is 5.73 Å². The van der Waals surface area contributed by atoms with Crippen molar-refractivity contribution in [3.8, 4) is 0 Å². The van der Waals surface area contributed by atoms with Gasteiger partial charge in [-0.2, -0.15) is 4.31 Å². The van der Waals surface area contributed by atoms with Crippen LogP contribution in [0.2, 0.25) is 0 Å². The Morgan fingerprint density at radius 1 is 1.43 bits per heavy atom. The standard InChI is InChI=1S/C13H19N3O4S/c1-2-11-5-3-4-8-15(11)21(19,20)13-7-6-10(14)9-12(13)16(17)18/h6-7,9,11H,2-5,8,14H2,1H3. The number of hydrogen-bond acceptors (Lipinski definition) is 5. The topological polar surface area (TPSA) is 107 Å². The van der Waals surface area contributed by atoms with Crippen molar-refractivity contribution < 1.29 is 13.3 Å². The summed E-state index contributed by atoms with van der Waals surface area (Å²) in [5.41, 5.74) is 5.24. The van der Waals surface area contributed by atoms with E-state index in [0.29, 0.717) is 13.0 Å². The lowest BCUT2D eigenvalue weighted by molar-refractivity contribution is -0.387. The van der Waals surface area contributed by atoms with Crippen LogP contribution in [0.25, 0.3) is 0 Å². The monoisotopic (exact) mass is 313 g/mol. The molecule has 7 nitrogen and oxygen atoms in total. The lowest BCUT2D eigenvalue weighted by Gasteiger charge is -2.33. The number of nitro groups is 1. The summed E-state index contributed by atoms with van der Waals surface area (Å²) < 4.78 is 26.9. The normalized spacial score (nSPS) is 20.3. The number of sulfonamides is 1. The van der Waals surface area contributed by atoms with E-state index in [1.54, 1.807) is 0 Å². The molecule has 21 heavy (non-hydrogen) atoms. The van der Waals surface area contributed by atoms with E-state index in [1.807, 2.05) is 6.92 Å². The first kappa shape index (κ1) is 15.7. The summed E-state index contributed by atoms with van der Waals surface area (Å²) >= 11 is 0. The lowest BCUT2D eigenvalue weighted by Crippen LogP contribution is -2.43. The smallest absolute Gasteiger partial charge is 0.291 e. The molecular weight excluding hydrogens is 294 g/mol. The van der Waals surface area contributed by atoms with Gasteiger partial charge in [-0.15, -0.1) is 0 Å². The minimum Gasteiger partial charge on any atom is -0.399 e. The van der Waals surface area contributed by atoms with Crippen LogP contribution in [0.1, 0.15) is 32.6 Å². The molecule has 0 aromatic heterocycles. The van der Waals surface area contributed by atoms with Gasteiger partial charge < -0.3 is 5.73 Å². The second kappa shape index (κ2) is 5.98. The van der Waals surface area contributed by atoms with Crippen molar-refractivity contribution in [1.82, 2.24) is 4.31 Å². The van der Waals surface area contributed by atoms with Crippen LogP contribution in [-0.2, 0) is 10.0 Å². The van der Waals surface area contributed by atoms with E-state index >= 15 is 0 Å². The predicted molar refractivity (Wildman–Crippen MR) is 79.3 cm³/mol. The minimum atomic E-state index is -3.88. The fourth-order valence-electron chi connectivity index (χ4n) is 2.72. The summed E-state index contributed by atoms with van der Waals surface area (Å²) in [6, 6.07) is 3.60. The largest absolute Gasteiger partial charge is 0.399 e. The van der Waals surface area contributed by atoms with Gasteiger partial charge in [0.25, 0.3) is 5.69 Å². The van der Waals surface area contributed by atoms with Gasteiger partial charge in [-0.25, -0.2) is 8.42 Å². The van der Waals surface area contributed by atoms with Crippen LogP contribution in [0.4, 0.5) is 11.4 Å². The van der Waals surface area contributed by atoms with Crippen molar-refractivity contribution in [2.24, 2.45) is 0 Å². The summed E-state index contributed by atoms with van der Waals surface area (Å²) in [4.78, 5) is 10.1. The predicted octanol–water partition coefficient (Wildman–Crippen LogP) is 2.13. The molecule has 1 saturated heterocycles. The molecule has 2 rings (SSSR count). The number of benzene rings is 1. The Morgan fingerprint density at radius 2 is 2.14 bits per heavy atom. The number of nitrogens with zero attached hydrogens (tertiary/aromatic N) is 2. The van der Waals surface area contributed by atoms with Crippen LogP contribution in [-0.4, -0.2) is 30.2 Å². The minimum absolute atomic E-state index is 0.0964. The van der Waals surface area contributed by atoms with Crippen LogP contribution in [0, 0.1) is 10.1 Å². The molecule has 0 spiro atoms. The Labute approximate surface area is 123 Å². The number of hydrogen-bond donors (Lipinski definition) is 1. The third-order valence-corrected chi connectivity index (χ3v) is 5.81. The highest BCUT2D eigenvalue weighted by Crippen LogP contribution is 2.32. The van der Waals surface area contributed by atoms with Crippen molar-refractivity contribution in [2.45, 2.75) is 43.5 Å². The fourth-order valence-corrected chi connectivity index (χ4v) is 4.63. The van der Waals surface area contributed by atoms with Crippen molar-refractivity contribution >= 4 is 21.4 Å². The number of anilines is 1. The first-order valence-electron chi connectivity index (χ1n) is 6.93. The van der Waals surface area contributed by atoms with Gasteiger partial charge >= 0.3 is 0 Å². The highest BCUT2D eigenvalue weighted by molar-refractivity contribution is 7.89. The van der Waals surface area contributed by atoms with Gasteiger partial charge in [-0.05, 0) is 31.4 Å². The zero-order chi connectivity index (χ0) is 15.6. The van der Waals surface area contributed by atoms with E-state index < -0.39 is 20.6 Å². The van der Waals surface area contributed by atoms with Gasteiger partial charge in [0, 0.05) is 24.3 Å². The highest BCUT2D eigenvalue weighted by atomic mass is 32.2. The average molecular weight is 313 g/mol.